The molecule has 2 heterocycles. The largest absolute Gasteiger partial charge is 0.454 e. The fourth-order valence-corrected chi connectivity index (χ4v) is 3.29. The highest BCUT2D eigenvalue weighted by Crippen LogP contribution is 2.32. The van der Waals surface area contributed by atoms with Gasteiger partial charge in [-0.15, -0.1) is 0 Å². The molecule has 0 saturated carbocycles. The minimum Gasteiger partial charge on any atom is -0.454 e. The quantitative estimate of drug-likeness (QED) is 0.382. The van der Waals surface area contributed by atoms with E-state index in [1.165, 1.54) is 18.3 Å². The van der Waals surface area contributed by atoms with Crippen molar-refractivity contribution in [3.05, 3.63) is 95.9 Å². The van der Waals surface area contributed by atoms with Crippen molar-refractivity contribution in [1.29, 1.82) is 0 Å². The molecule has 0 aliphatic carbocycles. The number of aromatic nitrogens is 2. The van der Waals surface area contributed by atoms with E-state index in [0.717, 1.165) is 11.3 Å². The van der Waals surface area contributed by atoms with Gasteiger partial charge in [-0.1, -0.05) is 18.2 Å². The van der Waals surface area contributed by atoms with Gasteiger partial charge in [-0.3, -0.25) is 4.79 Å². The minimum absolute atomic E-state index is 0.135. The SMILES string of the molecule is O=C(N/N=C\c1cn(-c2ccccc2)nc1-c1ccc(F)cc1)c1ccc2c(c1)OCO2. The van der Waals surface area contributed by atoms with Gasteiger partial charge in [-0.2, -0.15) is 10.2 Å². The third kappa shape index (κ3) is 3.93. The van der Waals surface area contributed by atoms with E-state index in [9.17, 15) is 9.18 Å². The molecule has 32 heavy (non-hydrogen) atoms. The summed E-state index contributed by atoms with van der Waals surface area (Å²) >= 11 is 0. The van der Waals surface area contributed by atoms with Gasteiger partial charge in [0.15, 0.2) is 11.5 Å². The van der Waals surface area contributed by atoms with E-state index in [0.29, 0.717) is 28.3 Å². The van der Waals surface area contributed by atoms with Crippen LogP contribution < -0.4 is 14.9 Å². The van der Waals surface area contributed by atoms with Crippen molar-refractivity contribution in [2.24, 2.45) is 5.10 Å². The lowest BCUT2D eigenvalue weighted by Gasteiger charge is -2.02. The van der Waals surface area contributed by atoms with Crippen LogP contribution in [0.3, 0.4) is 0 Å². The van der Waals surface area contributed by atoms with E-state index < -0.39 is 5.91 Å². The predicted octanol–water partition coefficient (Wildman–Crippen LogP) is 4.17. The van der Waals surface area contributed by atoms with Gasteiger partial charge in [0.1, 0.15) is 11.5 Å². The molecule has 0 radical (unpaired) electrons. The van der Waals surface area contributed by atoms with E-state index in [2.05, 4.69) is 15.6 Å². The fraction of sp³-hybridized carbons (Fsp3) is 0.0417. The molecule has 1 aromatic heterocycles. The van der Waals surface area contributed by atoms with E-state index in [1.807, 2.05) is 30.3 Å². The third-order valence-electron chi connectivity index (χ3n) is 4.89. The van der Waals surface area contributed by atoms with Gasteiger partial charge >= 0.3 is 0 Å². The van der Waals surface area contributed by atoms with Crippen molar-refractivity contribution in [1.82, 2.24) is 15.2 Å². The molecular formula is C24H17FN4O3. The molecule has 8 heteroatoms. The topological polar surface area (TPSA) is 77.7 Å². The number of hydrazone groups is 1. The molecule has 1 amide bonds. The molecule has 0 bridgehead atoms. The number of hydrogen-bond acceptors (Lipinski definition) is 5. The Morgan fingerprint density at radius 1 is 1.03 bits per heavy atom. The normalized spacial score (nSPS) is 12.3. The second-order valence-corrected chi connectivity index (χ2v) is 6.99. The van der Waals surface area contributed by atoms with E-state index in [1.54, 1.807) is 41.2 Å². The Labute approximate surface area is 182 Å². The summed E-state index contributed by atoms with van der Waals surface area (Å²) in [6, 6.07) is 20.5. The van der Waals surface area contributed by atoms with Crippen molar-refractivity contribution >= 4 is 12.1 Å². The number of carbonyl (C=O) groups excluding carboxylic acids is 1. The van der Waals surface area contributed by atoms with Crippen LogP contribution in [0.15, 0.2) is 84.1 Å². The van der Waals surface area contributed by atoms with Crippen LogP contribution in [0.4, 0.5) is 4.39 Å². The first kappa shape index (κ1) is 19.5. The number of benzene rings is 3. The Hall–Kier alpha value is -4.46. The summed E-state index contributed by atoms with van der Waals surface area (Å²) in [6.45, 7) is 0.135. The number of carbonyl (C=O) groups is 1. The highest BCUT2D eigenvalue weighted by molar-refractivity contribution is 5.96. The van der Waals surface area contributed by atoms with Gasteiger partial charge in [0.2, 0.25) is 6.79 Å². The number of rotatable bonds is 5. The van der Waals surface area contributed by atoms with Gasteiger partial charge in [-0.05, 0) is 54.6 Å². The van der Waals surface area contributed by atoms with Gasteiger partial charge in [0.25, 0.3) is 5.91 Å². The summed E-state index contributed by atoms with van der Waals surface area (Å²) in [6.07, 6.45) is 3.31. The standard InChI is InChI=1S/C24H17FN4O3/c25-19-9-6-16(7-10-19)23-18(14-29(28-23)20-4-2-1-3-5-20)13-26-27-24(30)17-8-11-21-22(12-17)32-15-31-21/h1-14H,15H2,(H,27,30)/b26-13-. The number of amides is 1. The lowest BCUT2D eigenvalue weighted by Crippen LogP contribution is -2.17. The number of para-hydroxylation sites is 1. The molecular weight excluding hydrogens is 411 g/mol. The minimum atomic E-state index is -0.390. The maximum absolute atomic E-state index is 13.4. The second kappa shape index (κ2) is 8.35. The molecule has 5 rings (SSSR count). The van der Waals surface area contributed by atoms with E-state index in [4.69, 9.17) is 9.47 Å². The number of hydrogen-bond donors (Lipinski definition) is 1. The van der Waals surface area contributed by atoms with Crippen molar-refractivity contribution in [2.45, 2.75) is 0 Å². The summed E-state index contributed by atoms with van der Waals surface area (Å²) in [5.74, 6) is 0.396. The molecule has 1 N–H and O–H groups in total. The molecule has 0 saturated heterocycles. The van der Waals surface area contributed by atoms with E-state index in [-0.39, 0.29) is 12.6 Å². The molecule has 4 aromatic rings. The molecule has 158 valence electrons. The Kier molecular flexibility index (Phi) is 5.09. The van der Waals surface area contributed by atoms with Crippen LogP contribution in [0.25, 0.3) is 16.9 Å². The van der Waals surface area contributed by atoms with Crippen LogP contribution >= 0.6 is 0 Å². The highest BCUT2D eigenvalue weighted by Gasteiger charge is 2.16. The summed E-state index contributed by atoms with van der Waals surface area (Å²) in [5.41, 5.74) is 5.76. The number of fused-ring (bicyclic) bond motifs is 1. The second-order valence-electron chi connectivity index (χ2n) is 6.99. The van der Waals surface area contributed by atoms with Crippen molar-refractivity contribution in [3.63, 3.8) is 0 Å². The van der Waals surface area contributed by atoms with Crippen LogP contribution in [0, 0.1) is 5.82 Å². The zero-order valence-corrected chi connectivity index (χ0v) is 16.7. The number of nitrogens with one attached hydrogen (secondary N) is 1. The van der Waals surface area contributed by atoms with Gasteiger partial charge in [0.05, 0.1) is 11.9 Å². The van der Waals surface area contributed by atoms with Crippen LogP contribution in [0.2, 0.25) is 0 Å². The summed E-state index contributed by atoms with van der Waals surface area (Å²) in [4.78, 5) is 12.5. The number of nitrogens with zero attached hydrogens (tertiary/aromatic N) is 3. The first-order valence-electron chi connectivity index (χ1n) is 9.81. The average molecular weight is 428 g/mol. The van der Waals surface area contributed by atoms with Crippen molar-refractivity contribution in [2.75, 3.05) is 6.79 Å². The van der Waals surface area contributed by atoms with Crippen LogP contribution in [0.1, 0.15) is 15.9 Å². The van der Waals surface area contributed by atoms with Crippen LogP contribution in [-0.4, -0.2) is 28.7 Å². The van der Waals surface area contributed by atoms with Gasteiger partial charge in [0, 0.05) is 22.9 Å². The molecule has 0 spiro atoms. The molecule has 1 aliphatic heterocycles. The summed E-state index contributed by atoms with van der Waals surface area (Å²) in [5, 5.41) is 8.73. The Morgan fingerprint density at radius 3 is 2.62 bits per heavy atom. The smallest absolute Gasteiger partial charge is 0.271 e. The first-order valence-corrected chi connectivity index (χ1v) is 9.81. The van der Waals surface area contributed by atoms with Crippen LogP contribution in [-0.2, 0) is 0 Å². The highest BCUT2D eigenvalue weighted by atomic mass is 19.1. The Balaban J connectivity index is 1.41. The predicted molar refractivity (Wildman–Crippen MR) is 117 cm³/mol. The van der Waals surface area contributed by atoms with Gasteiger partial charge in [-0.25, -0.2) is 14.5 Å². The zero-order chi connectivity index (χ0) is 21.9. The summed E-state index contributed by atoms with van der Waals surface area (Å²) < 4.78 is 25.7. The average Bonchev–Trinajstić information content (AvgIpc) is 3.47. The van der Waals surface area contributed by atoms with E-state index >= 15 is 0 Å². The lowest BCUT2D eigenvalue weighted by atomic mass is 10.1. The van der Waals surface area contributed by atoms with Crippen molar-refractivity contribution in [3.8, 4) is 28.4 Å². The Morgan fingerprint density at radius 2 is 1.81 bits per heavy atom. The van der Waals surface area contributed by atoms with Crippen molar-refractivity contribution < 1.29 is 18.7 Å². The monoisotopic (exact) mass is 428 g/mol. The molecule has 3 aromatic carbocycles. The molecule has 0 unspecified atom stereocenters. The number of halogens is 1. The molecule has 0 atom stereocenters. The molecule has 0 fully saturated rings. The fourth-order valence-electron chi connectivity index (χ4n) is 3.29. The number of ether oxygens (including phenoxy) is 2. The molecule has 7 nitrogen and oxygen atoms in total. The third-order valence-corrected chi connectivity index (χ3v) is 4.89. The maximum atomic E-state index is 13.4. The maximum Gasteiger partial charge on any atom is 0.271 e. The van der Waals surface area contributed by atoms with Crippen LogP contribution in [0.5, 0.6) is 11.5 Å². The first-order chi connectivity index (χ1) is 15.7. The zero-order valence-electron chi connectivity index (χ0n) is 16.7. The van der Waals surface area contributed by atoms with Gasteiger partial charge < -0.3 is 9.47 Å². The summed E-state index contributed by atoms with van der Waals surface area (Å²) in [7, 11) is 0. The lowest BCUT2D eigenvalue weighted by molar-refractivity contribution is 0.0954. The Bertz CT molecular complexity index is 1300. The molecule has 1 aliphatic rings.